The highest BCUT2D eigenvalue weighted by Gasteiger charge is 2.10. The summed E-state index contributed by atoms with van der Waals surface area (Å²) < 4.78 is 5.88. The number of aromatic nitrogens is 1. The maximum Gasteiger partial charge on any atom is 0.144 e. The fourth-order valence-electron chi connectivity index (χ4n) is 1.86. The Kier molecular flexibility index (Phi) is 4.15. The molecule has 1 aromatic heterocycles. The van der Waals surface area contributed by atoms with Crippen molar-refractivity contribution in [2.24, 2.45) is 0 Å². The Morgan fingerprint density at radius 3 is 2.84 bits per heavy atom. The number of nitrogens with zero attached hydrogens (tertiary/aromatic N) is 2. The van der Waals surface area contributed by atoms with Gasteiger partial charge in [-0.05, 0) is 30.0 Å². The van der Waals surface area contributed by atoms with E-state index in [1.807, 2.05) is 24.3 Å². The molecule has 0 radical (unpaired) electrons. The third-order valence-corrected chi connectivity index (χ3v) is 3.14. The molecule has 0 aliphatic carbocycles. The molecule has 1 unspecified atom stereocenters. The Morgan fingerprint density at radius 1 is 1.32 bits per heavy atom. The molecule has 0 bridgehead atoms. The maximum atomic E-state index is 8.84. The lowest BCUT2D eigenvalue weighted by atomic mass is 9.98. The van der Waals surface area contributed by atoms with Gasteiger partial charge in [0.2, 0.25) is 0 Å². The summed E-state index contributed by atoms with van der Waals surface area (Å²) in [5.74, 6) is 1.92. The zero-order valence-electron chi connectivity index (χ0n) is 11.1. The smallest absolute Gasteiger partial charge is 0.144 e. The molecule has 2 aromatic rings. The van der Waals surface area contributed by atoms with Crippen LogP contribution < -0.4 is 4.74 Å². The predicted molar refractivity (Wildman–Crippen MR) is 74.2 cm³/mol. The van der Waals surface area contributed by atoms with E-state index in [-0.39, 0.29) is 0 Å². The molecule has 19 heavy (non-hydrogen) atoms. The summed E-state index contributed by atoms with van der Waals surface area (Å²) in [5.41, 5.74) is 1.54. The van der Waals surface area contributed by atoms with Crippen molar-refractivity contribution in [3.63, 3.8) is 0 Å². The van der Waals surface area contributed by atoms with Crippen molar-refractivity contribution < 1.29 is 4.74 Å². The average Bonchev–Trinajstić information content (AvgIpc) is 2.47. The molecule has 3 nitrogen and oxygen atoms in total. The Morgan fingerprint density at radius 2 is 2.11 bits per heavy atom. The molecular formula is C16H16N2O. The monoisotopic (exact) mass is 252 g/mol. The van der Waals surface area contributed by atoms with Gasteiger partial charge in [-0.1, -0.05) is 32.0 Å². The van der Waals surface area contributed by atoms with Crippen LogP contribution in [0, 0.1) is 11.3 Å². The summed E-state index contributed by atoms with van der Waals surface area (Å²) in [4.78, 5) is 3.93. The minimum atomic E-state index is 0.360. The number of rotatable bonds is 4. The SMILES string of the molecule is CCC(C)c1ccccc1Oc1ccnc(C#N)c1. The number of hydrogen-bond acceptors (Lipinski definition) is 3. The summed E-state index contributed by atoms with van der Waals surface area (Å²) in [6, 6.07) is 13.4. The second-order valence-corrected chi connectivity index (χ2v) is 4.44. The number of nitriles is 1. The van der Waals surface area contributed by atoms with Gasteiger partial charge in [0.1, 0.15) is 23.3 Å². The van der Waals surface area contributed by atoms with Gasteiger partial charge in [-0.25, -0.2) is 4.98 Å². The summed E-state index contributed by atoms with van der Waals surface area (Å²) in [5, 5.41) is 8.84. The van der Waals surface area contributed by atoms with E-state index in [2.05, 4.69) is 24.9 Å². The number of hydrogen-bond donors (Lipinski definition) is 0. The first-order valence-corrected chi connectivity index (χ1v) is 6.37. The standard InChI is InChI=1S/C16H16N2O/c1-3-12(2)15-6-4-5-7-16(15)19-14-8-9-18-13(10-14)11-17/h4-10,12H,3H2,1-2H3. The number of para-hydroxylation sites is 1. The van der Waals surface area contributed by atoms with Crippen molar-refractivity contribution in [2.75, 3.05) is 0 Å². The van der Waals surface area contributed by atoms with E-state index >= 15 is 0 Å². The van der Waals surface area contributed by atoms with Crippen molar-refractivity contribution in [2.45, 2.75) is 26.2 Å². The fourth-order valence-corrected chi connectivity index (χ4v) is 1.86. The maximum absolute atomic E-state index is 8.84. The van der Waals surface area contributed by atoms with Crippen molar-refractivity contribution in [3.8, 4) is 17.6 Å². The Bertz CT molecular complexity index is 602. The van der Waals surface area contributed by atoms with Gasteiger partial charge in [0.15, 0.2) is 0 Å². The second kappa shape index (κ2) is 6.01. The predicted octanol–water partition coefficient (Wildman–Crippen LogP) is 4.26. The fraction of sp³-hybridized carbons (Fsp3) is 0.250. The highest BCUT2D eigenvalue weighted by Crippen LogP contribution is 2.31. The third-order valence-electron chi connectivity index (χ3n) is 3.14. The lowest BCUT2D eigenvalue weighted by molar-refractivity contribution is 0.469. The van der Waals surface area contributed by atoms with Crippen LogP contribution in [0.15, 0.2) is 42.6 Å². The quantitative estimate of drug-likeness (QED) is 0.816. The molecule has 1 aromatic carbocycles. The summed E-state index contributed by atoms with van der Waals surface area (Å²) >= 11 is 0. The van der Waals surface area contributed by atoms with E-state index in [1.165, 1.54) is 5.56 Å². The Balaban J connectivity index is 2.30. The topological polar surface area (TPSA) is 45.9 Å². The van der Waals surface area contributed by atoms with Gasteiger partial charge in [0, 0.05) is 12.3 Å². The van der Waals surface area contributed by atoms with Gasteiger partial charge >= 0.3 is 0 Å². The molecule has 0 amide bonds. The zero-order chi connectivity index (χ0) is 13.7. The van der Waals surface area contributed by atoms with Crippen LogP contribution in [0.1, 0.15) is 37.4 Å². The van der Waals surface area contributed by atoms with Crippen molar-refractivity contribution >= 4 is 0 Å². The summed E-state index contributed by atoms with van der Waals surface area (Å²) in [7, 11) is 0. The molecule has 0 N–H and O–H groups in total. The largest absolute Gasteiger partial charge is 0.457 e. The molecule has 1 heterocycles. The van der Waals surface area contributed by atoms with Crippen LogP contribution in [0.4, 0.5) is 0 Å². The minimum Gasteiger partial charge on any atom is -0.457 e. The normalized spacial score (nSPS) is 11.6. The van der Waals surface area contributed by atoms with E-state index in [0.29, 0.717) is 17.4 Å². The first-order chi connectivity index (χ1) is 9.24. The first kappa shape index (κ1) is 13.1. The number of benzene rings is 1. The second-order valence-electron chi connectivity index (χ2n) is 4.44. The van der Waals surface area contributed by atoms with Gasteiger partial charge < -0.3 is 4.74 Å². The third kappa shape index (κ3) is 3.11. The van der Waals surface area contributed by atoms with E-state index in [9.17, 15) is 0 Å². The highest BCUT2D eigenvalue weighted by molar-refractivity contribution is 5.40. The molecular weight excluding hydrogens is 236 g/mol. The molecule has 0 saturated carbocycles. The van der Waals surface area contributed by atoms with Crippen LogP contribution in [0.5, 0.6) is 11.5 Å². The molecule has 0 spiro atoms. The van der Waals surface area contributed by atoms with Crippen molar-refractivity contribution in [1.82, 2.24) is 4.98 Å². The molecule has 1 atom stereocenters. The lowest BCUT2D eigenvalue weighted by Crippen LogP contribution is -1.96. The number of ether oxygens (including phenoxy) is 1. The lowest BCUT2D eigenvalue weighted by Gasteiger charge is -2.15. The molecule has 0 fully saturated rings. The van der Waals surface area contributed by atoms with Gasteiger partial charge in [0.05, 0.1) is 0 Å². The first-order valence-electron chi connectivity index (χ1n) is 6.37. The van der Waals surface area contributed by atoms with E-state index in [0.717, 1.165) is 12.2 Å². The van der Waals surface area contributed by atoms with Gasteiger partial charge in [-0.3, -0.25) is 0 Å². The van der Waals surface area contributed by atoms with Gasteiger partial charge in [-0.15, -0.1) is 0 Å². The van der Waals surface area contributed by atoms with Crippen LogP contribution in [0.3, 0.4) is 0 Å². The average molecular weight is 252 g/mol. The van der Waals surface area contributed by atoms with Crippen LogP contribution in [-0.2, 0) is 0 Å². The minimum absolute atomic E-state index is 0.360. The van der Waals surface area contributed by atoms with Gasteiger partial charge in [-0.2, -0.15) is 5.26 Å². The molecule has 0 aliphatic heterocycles. The Hall–Kier alpha value is -2.34. The van der Waals surface area contributed by atoms with E-state index in [4.69, 9.17) is 10.00 Å². The molecule has 3 heteroatoms. The van der Waals surface area contributed by atoms with Gasteiger partial charge in [0.25, 0.3) is 0 Å². The summed E-state index contributed by atoms with van der Waals surface area (Å²) in [6.07, 6.45) is 2.64. The van der Waals surface area contributed by atoms with E-state index < -0.39 is 0 Å². The van der Waals surface area contributed by atoms with Crippen LogP contribution >= 0.6 is 0 Å². The Labute approximate surface area is 113 Å². The van der Waals surface area contributed by atoms with Crippen molar-refractivity contribution in [3.05, 3.63) is 53.9 Å². The molecule has 0 aliphatic rings. The zero-order valence-corrected chi connectivity index (χ0v) is 11.1. The highest BCUT2D eigenvalue weighted by atomic mass is 16.5. The van der Waals surface area contributed by atoms with Crippen LogP contribution in [-0.4, -0.2) is 4.98 Å². The van der Waals surface area contributed by atoms with Crippen LogP contribution in [0.25, 0.3) is 0 Å². The van der Waals surface area contributed by atoms with E-state index in [1.54, 1.807) is 18.3 Å². The van der Waals surface area contributed by atoms with Crippen LogP contribution in [0.2, 0.25) is 0 Å². The molecule has 2 rings (SSSR count). The molecule has 96 valence electrons. The summed E-state index contributed by atoms with van der Waals surface area (Å²) in [6.45, 7) is 4.33. The molecule has 0 saturated heterocycles. The number of pyridine rings is 1. The van der Waals surface area contributed by atoms with Crippen molar-refractivity contribution in [1.29, 1.82) is 5.26 Å².